The monoisotopic (exact) mass is 174 g/mol. The number of nitrogens with one attached hydrogen (secondary N) is 2. The normalized spacial score (nSPS) is 29.5. The molecule has 0 amide bonds. The van der Waals surface area contributed by atoms with Gasteiger partial charge in [-0.1, -0.05) is 0 Å². The summed E-state index contributed by atoms with van der Waals surface area (Å²) in [5, 5.41) is 15.7. The fourth-order valence-electron chi connectivity index (χ4n) is 1.40. The zero-order chi connectivity index (χ0) is 8.81. The number of aliphatic hydroxyl groups is 1. The zero-order valence-electron chi connectivity index (χ0n) is 7.55. The van der Waals surface area contributed by atoms with Crippen LogP contribution in [0, 0.1) is 0 Å². The van der Waals surface area contributed by atoms with Gasteiger partial charge in [-0.3, -0.25) is 0 Å². The summed E-state index contributed by atoms with van der Waals surface area (Å²) in [6, 6.07) is 0.428. The van der Waals surface area contributed by atoms with Crippen LogP contribution in [-0.4, -0.2) is 50.6 Å². The molecule has 1 fully saturated rings. The van der Waals surface area contributed by atoms with Crippen molar-refractivity contribution in [1.82, 2.24) is 10.6 Å². The third kappa shape index (κ3) is 3.49. The van der Waals surface area contributed by atoms with E-state index in [0.29, 0.717) is 6.04 Å². The molecule has 1 rings (SSSR count). The van der Waals surface area contributed by atoms with Crippen molar-refractivity contribution in [3.8, 4) is 0 Å². The molecule has 0 aromatic rings. The number of hydrogen-bond acceptors (Lipinski definition) is 4. The second-order valence-corrected chi connectivity index (χ2v) is 3.19. The van der Waals surface area contributed by atoms with Crippen molar-refractivity contribution in [3.05, 3.63) is 0 Å². The van der Waals surface area contributed by atoms with Gasteiger partial charge in [0.15, 0.2) is 0 Å². The first-order valence-electron chi connectivity index (χ1n) is 4.44. The first-order chi connectivity index (χ1) is 5.83. The van der Waals surface area contributed by atoms with E-state index in [0.717, 1.165) is 32.7 Å². The van der Waals surface area contributed by atoms with Crippen LogP contribution in [0.3, 0.4) is 0 Å². The van der Waals surface area contributed by atoms with E-state index in [-0.39, 0.29) is 6.10 Å². The lowest BCUT2D eigenvalue weighted by Crippen LogP contribution is -2.35. The Labute approximate surface area is 73.3 Å². The fraction of sp³-hybridized carbons (Fsp3) is 1.00. The van der Waals surface area contributed by atoms with Gasteiger partial charge in [-0.25, -0.2) is 0 Å². The van der Waals surface area contributed by atoms with E-state index in [1.807, 2.05) is 0 Å². The van der Waals surface area contributed by atoms with Crippen molar-refractivity contribution >= 4 is 0 Å². The highest BCUT2D eigenvalue weighted by Gasteiger charge is 2.20. The van der Waals surface area contributed by atoms with Crippen LogP contribution in [0.1, 0.15) is 6.42 Å². The minimum Gasteiger partial charge on any atom is -0.392 e. The Kier molecular flexibility index (Phi) is 4.53. The Hall–Kier alpha value is -0.160. The molecule has 1 aliphatic rings. The lowest BCUT2D eigenvalue weighted by molar-refractivity contribution is 0.190. The van der Waals surface area contributed by atoms with Gasteiger partial charge in [-0.2, -0.15) is 0 Å². The van der Waals surface area contributed by atoms with Gasteiger partial charge in [0.25, 0.3) is 0 Å². The van der Waals surface area contributed by atoms with Crippen molar-refractivity contribution < 1.29 is 9.84 Å². The van der Waals surface area contributed by atoms with Crippen LogP contribution in [-0.2, 0) is 4.74 Å². The molecule has 0 saturated carbocycles. The molecule has 12 heavy (non-hydrogen) atoms. The largest absolute Gasteiger partial charge is 0.392 e. The zero-order valence-corrected chi connectivity index (χ0v) is 7.55. The summed E-state index contributed by atoms with van der Waals surface area (Å²) in [6.07, 6.45) is 0.708. The highest BCUT2D eigenvalue weighted by Crippen LogP contribution is 2.04. The molecule has 2 atom stereocenters. The lowest BCUT2D eigenvalue weighted by Gasteiger charge is -2.10. The Morgan fingerprint density at radius 2 is 2.50 bits per heavy atom. The molecule has 0 bridgehead atoms. The maximum atomic E-state index is 9.19. The van der Waals surface area contributed by atoms with Gasteiger partial charge in [-0.05, 0) is 6.42 Å². The molecule has 0 aromatic carbocycles. The van der Waals surface area contributed by atoms with Gasteiger partial charge >= 0.3 is 0 Å². The topological polar surface area (TPSA) is 53.5 Å². The van der Waals surface area contributed by atoms with E-state index in [9.17, 15) is 5.11 Å². The molecule has 0 spiro atoms. The van der Waals surface area contributed by atoms with Gasteiger partial charge in [-0.15, -0.1) is 0 Å². The standard InChI is InChI=1S/C8H18N2O2/c1-12-3-2-9-5-7-4-8(11)6-10-7/h7-11H,2-6H2,1H3. The van der Waals surface area contributed by atoms with Crippen LogP contribution in [0.5, 0.6) is 0 Å². The molecular formula is C8H18N2O2. The Morgan fingerprint density at radius 3 is 3.08 bits per heavy atom. The number of ether oxygens (including phenoxy) is 1. The van der Waals surface area contributed by atoms with E-state index in [4.69, 9.17) is 4.74 Å². The molecule has 1 saturated heterocycles. The van der Waals surface area contributed by atoms with E-state index in [1.165, 1.54) is 0 Å². The van der Waals surface area contributed by atoms with Crippen molar-refractivity contribution in [3.63, 3.8) is 0 Å². The molecule has 2 unspecified atom stereocenters. The number of methoxy groups -OCH3 is 1. The van der Waals surface area contributed by atoms with Gasteiger partial charge in [0, 0.05) is 32.8 Å². The van der Waals surface area contributed by atoms with E-state index in [1.54, 1.807) is 7.11 Å². The SMILES string of the molecule is COCCNCC1CC(O)CN1. The van der Waals surface area contributed by atoms with Crippen molar-refractivity contribution in [2.45, 2.75) is 18.6 Å². The first kappa shape index (κ1) is 9.92. The lowest BCUT2D eigenvalue weighted by atomic mass is 10.2. The van der Waals surface area contributed by atoms with Crippen LogP contribution in [0.2, 0.25) is 0 Å². The summed E-state index contributed by atoms with van der Waals surface area (Å²) in [5.41, 5.74) is 0. The van der Waals surface area contributed by atoms with Crippen LogP contribution < -0.4 is 10.6 Å². The molecule has 0 aliphatic carbocycles. The fourth-order valence-corrected chi connectivity index (χ4v) is 1.40. The Balaban J connectivity index is 1.93. The van der Waals surface area contributed by atoms with E-state index >= 15 is 0 Å². The highest BCUT2D eigenvalue weighted by molar-refractivity contribution is 4.82. The van der Waals surface area contributed by atoms with Gasteiger partial charge in [0.1, 0.15) is 0 Å². The molecule has 3 N–H and O–H groups in total. The second kappa shape index (κ2) is 5.48. The Morgan fingerprint density at radius 1 is 1.67 bits per heavy atom. The number of aliphatic hydroxyl groups excluding tert-OH is 1. The summed E-state index contributed by atoms with van der Waals surface area (Å²) >= 11 is 0. The quantitative estimate of drug-likeness (QED) is 0.465. The molecule has 72 valence electrons. The first-order valence-corrected chi connectivity index (χ1v) is 4.44. The predicted molar refractivity (Wildman–Crippen MR) is 47.2 cm³/mol. The van der Waals surface area contributed by atoms with Crippen molar-refractivity contribution in [2.75, 3.05) is 33.4 Å². The predicted octanol–water partition coefficient (Wildman–Crippen LogP) is -1.05. The molecule has 4 nitrogen and oxygen atoms in total. The number of β-amino-alcohol motifs (C(OH)–C–C–N with tert-alkyl or cyclic N) is 1. The van der Waals surface area contributed by atoms with Crippen LogP contribution >= 0.6 is 0 Å². The maximum absolute atomic E-state index is 9.19. The van der Waals surface area contributed by atoms with Crippen molar-refractivity contribution in [1.29, 1.82) is 0 Å². The summed E-state index contributed by atoms with van der Waals surface area (Å²) in [7, 11) is 1.69. The van der Waals surface area contributed by atoms with Crippen LogP contribution in [0.15, 0.2) is 0 Å². The smallest absolute Gasteiger partial charge is 0.0680 e. The number of rotatable bonds is 5. The third-order valence-corrected chi connectivity index (χ3v) is 2.07. The highest BCUT2D eigenvalue weighted by atomic mass is 16.5. The third-order valence-electron chi connectivity index (χ3n) is 2.07. The Bertz CT molecular complexity index is 122. The minimum absolute atomic E-state index is 0.153. The summed E-state index contributed by atoms with van der Waals surface area (Å²) in [6.45, 7) is 3.27. The number of hydrogen-bond donors (Lipinski definition) is 3. The van der Waals surface area contributed by atoms with Crippen LogP contribution in [0.25, 0.3) is 0 Å². The second-order valence-electron chi connectivity index (χ2n) is 3.19. The summed E-state index contributed by atoms with van der Waals surface area (Å²) in [5.74, 6) is 0. The average molecular weight is 174 g/mol. The van der Waals surface area contributed by atoms with Gasteiger partial charge in [0.05, 0.1) is 12.7 Å². The average Bonchev–Trinajstić information content (AvgIpc) is 2.45. The molecular weight excluding hydrogens is 156 g/mol. The minimum atomic E-state index is -0.153. The van der Waals surface area contributed by atoms with E-state index in [2.05, 4.69) is 10.6 Å². The van der Waals surface area contributed by atoms with Gasteiger partial charge < -0.3 is 20.5 Å². The molecule has 1 heterocycles. The van der Waals surface area contributed by atoms with Gasteiger partial charge in [0.2, 0.25) is 0 Å². The molecule has 1 aliphatic heterocycles. The molecule has 0 aromatic heterocycles. The molecule has 0 radical (unpaired) electrons. The summed E-state index contributed by atoms with van der Waals surface area (Å²) < 4.78 is 4.90. The van der Waals surface area contributed by atoms with Crippen LogP contribution in [0.4, 0.5) is 0 Å². The van der Waals surface area contributed by atoms with E-state index < -0.39 is 0 Å². The van der Waals surface area contributed by atoms with Crippen molar-refractivity contribution in [2.24, 2.45) is 0 Å². The maximum Gasteiger partial charge on any atom is 0.0680 e. The molecule has 4 heteroatoms. The summed E-state index contributed by atoms with van der Waals surface area (Å²) in [4.78, 5) is 0.